The largest absolute Gasteiger partial charge is 0.439 e. The van der Waals surface area contributed by atoms with Crippen LogP contribution in [-0.4, -0.2) is 21.8 Å². The summed E-state index contributed by atoms with van der Waals surface area (Å²) in [5, 5.41) is 2.91. The van der Waals surface area contributed by atoms with Gasteiger partial charge in [-0.15, -0.1) is 0 Å². The maximum Gasteiger partial charge on any atom is 0.325 e. The summed E-state index contributed by atoms with van der Waals surface area (Å²) in [6, 6.07) is 18.5. The third kappa shape index (κ3) is 3.07. The number of rotatable bonds is 6. The van der Waals surface area contributed by atoms with Gasteiger partial charge >= 0.3 is 6.03 Å². The minimum atomic E-state index is -1.04. The normalized spacial score (nSPS) is 19.1. The topological polar surface area (TPSA) is 75.4 Å². The molecule has 2 heterocycles. The summed E-state index contributed by atoms with van der Waals surface area (Å²) < 4.78 is 5.78. The van der Waals surface area contributed by atoms with Gasteiger partial charge in [-0.1, -0.05) is 74.0 Å². The van der Waals surface area contributed by atoms with Gasteiger partial charge in [0.05, 0.1) is 6.20 Å². The second kappa shape index (κ2) is 7.31. The number of nitrogens with zero attached hydrogens (tertiary/aromatic N) is 2. The van der Waals surface area contributed by atoms with E-state index in [-0.39, 0.29) is 12.5 Å². The fourth-order valence-electron chi connectivity index (χ4n) is 3.63. The Hall–Kier alpha value is -3.41. The molecule has 4 rings (SSSR count). The van der Waals surface area contributed by atoms with Crippen LogP contribution in [0.1, 0.15) is 31.2 Å². The Morgan fingerprint density at radius 2 is 1.71 bits per heavy atom. The van der Waals surface area contributed by atoms with Gasteiger partial charge < -0.3 is 9.73 Å². The monoisotopic (exact) mass is 375 g/mol. The molecule has 1 aliphatic rings. The molecule has 28 heavy (non-hydrogen) atoms. The maximum atomic E-state index is 13.3. The molecule has 1 atom stereocenters. The second-order valence-corrected chi connectivity index (χ2v) is 6.83. The van der Waals surface area contributed by atoms with E-state index in [1.54, 1.807) is 6.20 Å². The van der Waals surface area contributed by atoms with E-state index in [1.165, 1.54) is 4.90 Å². The van der Waals surface area contributed by atoms with Crippen molar-refractivity contribution in [2.24, 2.45) is 0 Å². The Bertz CT molecular complexity index is 985. The van der Waals surface area contributed by atoms with Crippen LogP contribution < -0.4 is 5.32 Å². The van der Waals surface area contributed by atoms with Crippen LogP contribution in [0, 0.1) is 0 Å². The zero-order valence-electron chi connectivity index (χ0n) is 15.6. The summed E-state index contributed by atoms with van der Waals surface area (Å²) >= 11 is 0. The Kier molecular flexibility index (Phi) is 4.69. The summed E-state index contributed by atoms with van der Waals surface area (Å²) in [5.74, 6) is 0.651. The van der Waals surface area contributed by atoms with Crippen molar-refractivity contribution in [3.8, 4) is 11.3 Å². The Morgan fingerprint density at radius 3 is 2.39 bits per heavy atom. The summed E-state index contributed by atoms with van der Waals surface area (Å²) in [5.41, 5.74) is 0.639. The highest BCUT2D eigenvalue weighted by molar-refractivity contribution is 6.07. The predicted octanol–water partition coefficient (Wildman–Crippen LogP) is 4.09. The maximum absolute atomic E-state index is 13.3. The lowest BCUT2D eigenvalue weighted by molar-refractivity contribution is -0.132. The molecule has 142 valence electrons. The lowest BCUT2D eigenvalue weighted by Gasteiger charge is -2.26. The third-order valence-corrected chi connectivity index (χ3v) is 4.97. The van der Waals surface area contributed by atoms with Gasteiger partial charge in [-0.2, -0.15) is 0 Å². The van der Waals surface area contributed by atoms with Crippen LogP contribution >= 0.6 is 0 Å². The molecule has 2 aromatic carbocycles. The van der Waals surface area contributed by atoms with E-state index >= 15 is 0 Å². The number of imide groups is 1. The number of hydrogen-bond donors (Lipinski definition) is 1. The number of carbonyl (C=O) groups is 2. The number of aromatic nitrogens is 1. The van der Waals surface area contributed by atoms with Crippen molar-refractivity contribution in [2.75, 3.05) is 0 Å². The van der Waals surface area contributed by atoms with E-state index in [4.69, 9.17) is 4.42 Å². The van der Waals surface area contributed by atoms with E-state index in [9.17, 15) is 9.59 Å². The first kappa shape index (κ1) is 18.0. The molecule has 1 fully saturated rings. The van der Waals surface area contributed by atoms with Crippen molar-refractivity contribution in [1.29, 1.82) is 0 Å². The summed E-state index contributed by atoms with van der Waals surface area (Å²) in [7, 11) is 0. The van der Waals surface area contributed by atoms with Crippen molar-refractivity contribution in [2.45, 2.75) is 31.8 Å². The molecular weight excluding hydrogens is 354 g/mol. The van der Waals surface area contributed by atoms with Gasteiger partial charge in [0.15, 0.2) is 5.76 Å². The number of hydrogen-bond acceptors (Lipinski definition) is 4. The number of benzene rings is 2. The van der Waals surface area contributed by atoms with Gasteiger partial charge in [0, 0.05) is 5.56 Å². The number of nitrogens with one attached hydrogen (secondary N) is 1. The molecule has 0 unspecified atom stereocenters. The van der Waals surface area contributed by atoms with Crippen LogP contribution in [0.3, 0.4) is 0 Å². The zero-order chi connectivity index (χ0) is 19.6. The van der Waals surface area contributed by atoms with E-state index in [0.717, 1.165) is 17.5 Å². The second-order valence-electron chi connectivity index (χ2n) is 6.83. The van der Waals surface area contributed by atoms with Crippen LogP contribution in [0.25, 0.3) is 11.3 Å². The van der Waals surface area contributed by atoms with Gasteiger partial charge in [0.1, 0.15) is 12.1 Å². The molecule has 1 saturated heterocycles. The lowest BCUT2D eigenvalue weighted by atomic mass is 9.85. The molecule has 6 nitrogen and oxygen atoms in total. The summed E-state index contributed by atoms with van der Waals surface area (Å²) in [6.45, 7) is 1.99. The number of urea groups is 1. The van der Waals surface area contributed by atoms with Crippen LogP contribution in [0.4, 0.5) is 4.79 Å². The SMILES string of the molecule is CCC[C@@]1(c2ccccc2)NC(=O)N(Cc2ncc(-c3ccccc3)o2)C1=O. The smallest absolute Gasteiger partial charge is 0.325 e. The van der Waals surface area contributed by atoms with Crippen molar-refractivity contribution < 1.29 is 14.0 Å². The van der Waals surface area contributed by atoms with Gasteiger partial charge in [0.25, 0.3) is 5.91 Å². The molecule has 0 saturated carbocycles. The Morgan fingerprint density at radius 1 is 1.04 bits per heavy atom. The molecule has 0 spiro atoms. The molecule has 0 aliphatic carbocycles. The number of carbonyl (C=O) groups excluding carboxylic acids is 2. The Balaban J connectivity index is 1.60. The first-order valence-electron chi connectivity index (χ1n) is 9.34. The lowest BCUT2D eigenvalue weighted by Crippen LogP contribution is -2.43. The molecule has 1 aromatic heterocycles. The Labute approximate surface area is 163 Å². The molecule has 3 amide bonds. The van der Waals surface area contributed by atoms with Crippen molar-refractivity contribution in [3.05, 3.63) is 78.3 Å². The van der Waals surface area contributed by atoms with E-state index in [2.05, 4.69) is 10.3 Å². The van der Waals surface area contributed by atoms with Gasteiger partial charge in [-0.05, 0) is 12.0 Å². The standard InChI is InChI=1S/C22H21N3O3/c1-2-13-22(17-11-7-4-8-12-17)20(26)25(21(27)24-22)15-19-23-14-18(28-19)16-9-5-3-6-10-16/h3-12,14H,2,13,15H2,1H3,(H,24,27)/t22-/m0/s1. The molecule has 0 radical (unpaired) electrons. The molecule has 3 aromatic rings. The first-order valence-corrected chi connectivity index (χ1v) is 9.34. The molecule has 1 aliphatic heterocycles. The molecule has 6 heteroatoms. The molecular formula is C22H21N3O3. The van der Waals surface area contributed by atoms with E-state index < -0.39 is 11.6 Å². The quantitative estimate of drug-likeness (QED) is 0.659. The van der Waals surface area contributed by atoms with Crippen molar-refractivity contribution in [3.63, 3.8) is 0 Å². The van der Waals surface area contributed by atoms with Crippen molar-refractivity contribution >= 4 is 11.9 Å². The minimum absolute atomic E-state index is 0.00417. The van der Waals surface area contributed by atoms with Gasteiger partial charge in [-0.25, -0.2) is 9.78 Å². The fraction of sp³-hybridized carbons (Fsp3) is 0.227. The summed E-state index contributed by atoms with van der Waals surface area (Å²) in [4.78, 5) is 31.4. The average Bonchev–Trinajstić information content (AvgIpc) is 3.29. The molecule has 0 bridgehead atoms. The zero-order valence-corrected chi connectivity index (χ0v) is 15.6. The van der Waals surface area contributed by atoms with Crippen LogP contribution in [0.15, 0.2) is 71.3 Å². The highest BCUT2D eigenvalue weighted by Crippen LogP contribution is 2.34. The number of amides is 3. The van der Waals surface area contributed by atoms with E-state index in [1.807, 2.05) is 67.6 Å². The predicted molar refractivity (Wildman–Crippen MR) is 104 cm³/mol. The summed E-state index contributed by atoms with van der Waals surface area (Å²) in [6.07, 6.45) is 2.89. The van der Waals surface area contributed by atoms with Crippen LogP contribution in [0.5, 0.6) is 0 Å². The highest BCUT2D eigenvalue weighted by Gasteiger charge is 2.51. The van der Waals surface area contributed by atoms with Gasteiger partial charge in [-0.3, -0.25) is 9.69 Å². The fourth-order valence-corrected chi connectivity index (χ4v) is 3.63. The van der Waals surface area contributed by atoms with Crippen LogP contribution in [-0.2, 0) is 16.9 Å². The van der Waals surface area contributed by atoms with Crippen molar-refractivity contribution in [1.82, 2.24) is 15.2 Å². The van der Waals surface area contributed by atoms with Crippen LogP contribution in [0.2, 0.25) is 0 Å². The highest BCUT2D eigenvalue weighted by atomic mass is 16.4. The van der Waals surface area contributed by atoms with E-state index in [0.29, 0.717) is 18.1 Å². The molecule has 1 N–H and O–H groups in total. The van der Waals surface area contributed by atoms with Gasteiger partial charge in [0.2, 0.25) is 5.89 Å². The number of oxazole rings is 1. The minimum Gasteiger partial charge on any atom is -0.439 e. The average molecular weight is 375 g/mol. The first-order chi connectivity index (χ1) is 13.6. The third-order valence-electron chi connectivity index (χ3n) is 4.97.